The molecular formula is C19H29N3O3. The number of nitrogens with zero attached hydrogens (tertiary/aromatic N) is 3. The average Bonchev–Trinajstić information content (AvgIpc) is 3.06. The minimum absolute atomic E-state index is 0.0269. The molecule has 2 unspecified atom stereocenters. The first-order valence-electron chi connectivity index (χ1n) is 9.13. The molecule has 138 valence electrons. The smallest absolute Gasteiger partial charge is 0.259 e. The number of likely N-dealkylation sites (tertiary alicyclic amines) is 1. The lowest BCUT2D eigenvalue weighted by Gasteiger charge is -2.38. The number of rotatable bonds is 5. The molecular weight excluding hydrogens is 318 g/mol. The number of ether oxygens (including phenoxy) is 1. The number of carbonyl (C=O) groups is 1. The van der Waals surface area contributed by atoms with Gasteiger partial charge in [-0.3, -0.25) is 4.79 Å². The van der Waals surface area contributed by atoms with Crippen LogP contribution in [0.1, 0.15) is 34.5 Å². The van der Waals surface area contributed by atoms with Crippen molar-refractivity contribution in [1.82, 2.24) is 14.8 Å². The van der Waals surface area contributed by atoms with Crippen molar-refractivity contribution in [3.8, 4) is 5.88 Å². The highest BCUT2D eigenvalue weighted by atomic mass is 16.5. The molecule has 6 nitrogen and oxygen atoms in total. The Morgan fingerprint density at radius 1 is 1.36 bits per heavy atom. The molecule has 2 atom stereocenters. The van der Waals surface area contributed by atoms with Crippen LogP contribution in [0, 0.1) is 11.8 Å². The van der Waals surface area contributed by atoms with Crippen molar-refractivity contribution in [1.29, 1.82) is 0 Å². The lowest BCUT2D eigenvalue weighted by molar-refractivity contribution is 0.0474. The SMILES string of the molecule is COc1nc2c(cc1C(=O)N1CC(CO)CC(CN(C)C)C1)CCC2. The number of aliphatic hydroxyl groups is 1. The molecule has 1 aromatic heterocycles. The Hall–Kier alpha value is -1.66. The first-order valence-corrected chi connectivity index (χ1v) is 9.13. The molecule has 0 radical (unpaired) electrons. The molecule has 2 aliphatic rings. The number of piperidine rings is 1. The van der Waals surface area contributed by atoms with E-state index in [9.17, 15) is 9.90 Å². The first-order chi connectivity index (χ1) is 12.0. The molecule has 0 aromatic carbocycles. The van der Waals surface area contributed by atoms with E-state index in [0.29, 0.717) is 30.5 Å². The Balaban J connectivity index is 1.83. The van der Waals surface area contributed by atoms with Crippen molar-refractivity contribution >= 4 is 5.91 Å². The molecule has 0 bridgehead atoms. The summed E-state index contributed by atoms with van der Waals surface area (Å²) < 4.78 is 5.41. The van der Waals surface area contributed by atoms with E-state index in [1.165, 1.54) is 5.56 Å². The first kappa shape index (κ1) is 18.1. The fraction of sp³-hybridized carbons (Fsp3) is 0.684. The maximum atomic E-state index is 13.2. The van der Waals surface area contributed by atoms with E-state index in [4.69, 9.17) is 4.74 Å². The van der Waals surface area contributed by atoms with Gasteiger partial charge in [0.15, 0.2) is 0 Å². The highest BCUT2D eigenvalue weighted by Gasteiger charge is 2.32. The van der Waals surface area contributed by atoms with Crippen molar-refractivity contribution < 1.29 is 14.6 Å². The summed E-state index contributed by atoms with van der Waals surface area (Å²) in [6.45, 7) is 2.35. The Morgan fingerprint density at radius 2 is 2.12 bits per heavy atom. The Bertz CT molecular complexity index is 633. The lowest BCUT2D eigenvalue weighted by atomic mass is 9.89. The number of aliphatic hydroxyl groups excluding tert-OH is 1. The van der Waals surface area contributed by atoms with Crippen LogP contribution in [0.15, 0.2) is 6.07 Å². The number of pyridine rings is 1. The fourth-order valence-electron chi connectivity index (χ4n) is 4.20. The minimum atomic E-state index is -0.0269. The second-order valence-corrected chi connectivity index (χ2v) is 7.63. The predicted octanol–water partition coefficient (Wildman–Crippen LogP) is 1.21. The van der Waals surface area contributed by atoms with Gasteiger partial charge in [-0.2, -0.15) is 0 Å². The molecule has 1 aromatic rings. The zero-order valence-electron chi connectivity index (χ0n) is 15.5. The minimum Gasteiger partial charge on any atom is -0.480 e. The molecule has 6 heteroatoms. The lowest BCUT2D eigenvalue weighted by Crippen LogP contribution is -2.47. The summed E-state index contributed by atoms with van der Waals surface area (Å²) in [6, 6.07) is 1.97. The summed E-state index contributed by atoms with van der Waals surface area (Å²) in [4.78, 5) is 21.8. The van der Waals surface area contributed by atoms with Gasteiger partial charge in [0.25, 0.3) is 5.91 Å². The molecule has 25 heavy (non-hydrogen) atoms. The predicted molar refractivity (Wildman–Crippen MR) is 96.0 cm³/mol. The summed E-state index contributed by atoms with van der Waals surface area (Å²) in [5.74, 6) is 0.913. The molecule has 1 aliphatic heterocycles. The molecule has 3 rings (SSSR count). The van der Waals surface area contributed by atoms with Gasteiger partial charge >= 0.3 is 0 Å². The molecule has 0 saturated carbocycles. The van der Waals surface area contributed by atoms with Crippen molar-refractivity contribution in [2.75, 3.05) is 47.4 Å². The maximum absolute atomic E-state index is 13.2. The van der Waals surface area contributed by atoms with Crippen LogP contribution in [-0.2, 0) is 12.8 Å². The third-order valence-electron chi connectivity index (χ3n) is 5.23. The third-order valence-corrected chi connectivity index (χ3v) is 5.23. The van der Waals surface area contributed by atoms with Crippen molar-refractivity contribution in [3.63, 3.8) is 0 Å². The van der Waals surface area contributed by atoms with Gasteiger partial charge in [-0.25, -0.2) is 4.98 Å². The van der Waals surface area contributed by atoms with Gasteiger partial charge < -0.3 is 19.6 Å². The van der Waals surface area contributed by atoms with Crippen LogP contribution in [0.25, 0.3) is 0 Å². The van der Waals surface area contributed by atoms with Gasteiger partial charge in [0.1, 0.15) is 5.56 Å². The standard InChI is InChI=1S/C19H29N3O3/c1-21(2)9-13-7-14(12-23)11-22(10-13)19(24)16-8-15-5-4-6-17(15)20-18(16)25-3/h8,13-14,23H,4-7,9-12H2,1-3H3. The highest BCUT2D eigenvalue weighted by Crippen LogP contribution is 2.29. The van der Waals surface area contributed by atoms with E-state index in [-0.39, 0.29) is 18.4 Å². The Morgan fingerprint density at radius 3 is 2.80 bits per heavy atom. The molecule has 1 N–H and O–H groups in total. The van der Waals surface area contributed by atoms with Crippen LogP contribution < -0.4 is 4.74 Å². The molecule has 1 aliphatic carbocycles. The van der Waals surface area contributed by atoms with E-state index in [2.05, 4.69) is 9.88 Å². The zero-order chi connectivity index (χ0) is 18.0. The van der Waals surface area contributed by atoms with Crippen molar-refractivity contribution in [2.24, 2.45) is 11.8 Å². The monoisotopic (exact) mass is 347 g/mol. The summed E-state index contributed by atoms with van der Waals surface area (Å²) >= 11 is 0. The number of fused-ring (bicyclic) bond motifs is 1. The fourth-order valence-corrected chi connectivity index (χ4v) is 4.20. The van der Waals surface area contributed by atoms with Crippen LogP contribution in [-0.4, -0.2) is 73.2 Å². The number of amides is 1. The number of hydrogen-bond acceptors (Lipinski definition) is 5. The average molecular weight is 347 g/mol. The van der Waals surface area contributed by atoms with E-state index < -0.39 is 0 Å². The van der Waals surface area contributed by atoms with E-state index >= 15 is 0 Å². The van der Waals surface area contributed by atoms with Crippen molar-refractivity contribution in [3.05, 3.63) is 22.9 Å². The zero-order valence-corrected chi connectivity index (χ0v) is 15.5. The molecule has 2 heterocycles. The quantitative estimate of drug-likeness (QED) is 0.867. The second-order valence-electron chi connectivity index (χ2n) is 7.63. The summed E-state index contributed by atoms with van der Waals surface area (Å²) in [5, 5.41) is 9.65. The summed E-state index contributed by atoms with van der Waals surface area (Å²) in [6.07, 6.45) is 3.98. The summed E-state index contributed by atoms with van der Waals surface area (Å²) in [5.41, 5.74) is 2.79. The molecule has 1 amide bonds. The number of carbonyl (C=O) groups excluding carboxylic acids is 1. The number of hydrogen-bond donors (Lipinski definition) is 1. The highest BCUT2D eigenvalue weighted by molar-refractivity contribution is 5.96. The van der Waals surface area contributed by atoms with Crippen LogP contribution in [0.4, 0.5) is 0 Å². The molecule has 0 spiro atoms. The van der Waals surface area contributed by atoms with E-state index in [1.807, 2.05) is 25.1 Å². The van der Waals surface area contributed by atoms with Crippen LogP contribution in [0.3, 0.4) is 0 Å². The Labute approximate surface area is 149 Å². The third kappa shape index (κ3) is 3.96. The van der Waals surface area contributed by atoms with Gasteiger partial charge in [0, 0.05) is 31.9 Å². The second kappa shape index (κ2) is 7.70. The van der Waals surface area contributed by atoms with Crippen molar-refractivity contribution in [2.45, 2.75) is 25.7 Å². The van der Waals surface area contributed by atoms with Gasteiger partial charge in [-0.1, -0.05) is 0 Å². The van der Waals surface area contributed by atoms with Gasteiger partial charge in [-0.15, -0.1) is 0 Å². The largest absolute Gasteiger partial charge is 0.480 e. The number of aromatic nitrogens is 1. The van der Waals surface area contributed by atoms with Crippen LogP contribution in [0.5, 0.6) is 5.88 Å². The topological polar surface area (TPSA) is 65.9 Å². The van der Waals surface area contributed by atoms with E-state index in [0.717, 1.165) is 37.9 Å². The normalized spacial score (nSPS) is 23.0. The summed E-state index contributed by atoms with van der Waals surface area (Å²) in [7, 11) is 5.66. The number of aryl methyl sites for hydroxylation is 2. The van der Waals surface area contributed by atoms with Crippen LogP contribution >= 0.6 is 0 Å². The Kier molecular flexibility index (Phi) is 5.59. The molecule has 1 saturated heterocycles. The van der Waals surface area contributed by atoms with Gasteiger partial charge in [0.05, 0.1) is 7.11 Å². The van der Waals surface area contributed by atoms with Gasteiger partial charge in [-0.05, 0) is 63.2 Å². The maximum Gasteiger partial charge on any atom is 0.259 e. The van der Waals surface area contributed by atoms with Crippen LogP contribution in [0.2, 0.25) is 0 Å². The van der Waals surface area contributed by atoms with E-state index in [1.54, 1.807) is 7.11 Å². The number of methoxy groups -OCH3 is 1. The molecule has 1 fully saturated rings. The van der Waals surface area contributed by atoms with Gasteiger partial charge in [0.2, 0.25) is 5.88 Å².